The molecule has 0 N–H and O–H groups in total. The van der Waals surface area contributed by atoms with Crippen LogP contribution in [0.2, 0.25) is 0 Å². The van der Waals surface area contributed by atoms with E-state index in [0.29, 0.717) is 32.3 Å². The molecule has 0 saturated heterocycles. The fourth-order valence-corrected chi connectivity index (χ4v) is 0.906. The second-order valence-corrected chi connectivity index (χ2v) is 2.89. The summed E-state index contributed by atoms with van der Waals surface area (Å²) >= 11 is 0. The van der Waals surface area contributed by atoms with E-state index in [1.807, 2.05) is 6.07 Å². The van der Waals surface area contributed by atoms with Crippen LogP contribution in [0.5, 0.6) is 0 Å². The highest BCUT2D eigenvalue weighted by Gasteiger charge is 2.01. The van der Waals surface area contributed by atoms with Crippen molar-refractivity contribution in [1.29, 1.82) is 5.26 Å². The SMILES string of the molecule is C#CCCCCC(=O)OCCCC#N. The Kier molecular flexibility index (Phi) is 8.59. The molecule has 14 heavy (non-hydrogen) atoms. The number of terminal acetylenes is 1. The molecule has 0 unspecified atom stereocenters. The summed E-state index contributed by atoms with van der Waals surface area (Å²) in [6.45, 7) is 0.349. The zero-order chi connectivity index (χ0) is 10.6. The first-order valence-electron chi connectivity index (χ1n) is 4.77. The Balaban J connectivity index is 3.21. The number of hydrogen-bond acceptors (Lipinski definition) is 3. The molecule has 3 nitrogen and oxygen atoms in total. The number of ether oxygens (including phenoxy) is 1. The molecule has 0 aromatic carbocycles. The molecule has 0 spiro atoms. The fraction of sp³-hybridized carbons (Fsp3) is 0.636. The Morgan fingerprint density at radius 3 is 2.71 bits per heavy atom. The molecule has 0 saturated carbocycles. The molecule has 0 rings (SSSR count). The Bertz CT molecular complexity index is 211. The molecule has 0 aliphatic carbocycles. The van der Waals surface area contributed by atoms with Crippen LogP contribution in [-0.4, -0.2) is 12.6 Å². The summed E-state index contributed by atoms with van der Waals surface area (Å²) < 4.78 is 4.88. The molecule has 0 bridgehead atoms. The number of unbranched alkanes of at least 4 members (excludes halogenated alkanes) is 3. The topological polar surface area (TPSA) is 50.1 Å². The van der Waals surface area contributed by atoms with Gasteiger partial charge in [0.1, 0.15) is 0 Å². The second kappa shape index (κ2) is 9.61. The molecule has 0 fully saturated rings. The monoisotopic (exact) mass is 193 g/mol. The van der Waals surface area contributed by atoms with Gasteiger partial charge in [0, 0.05) is 19.3 Å². The van der Waals surface area contributed by atoms with E-state index in [9.17, 15) is 4.79 Å². The lowest BCUT2D eigenvalue weighted by molar-refractivity contribution is -0.143. The van der Waals surface area contributed by atoms with Crippen molar-refractivity contribution >= 4 is 5.97 Å². The first-order chi connectivity index (χ1) is 6.81. The highest BCUT2D eigenvalue weighted by atomic mass is 16.5. The molecule has 76 valence electrons. The minimum absolute atomic E-state index is 0.194. The smallest absolute Gasteiger partial charge is 0.305 e. The summed E-state index contributed by atoms with van der Waals surface area (Å²) in [7, 11) is 0. The van der Waals surface area contributed by atoms with Crippen molar-refractivity contribution in [1.82, 2.24) is 0 Å². The average molecular weight is 193 g/mol. The largest absolute Gasteiger partial charge is 0.466 e. The second-order valence-electron chi connectivity index (χ2n) is 2.89. The van der Waals surface area contributed by atoms with E-state index in [0.717, 1.165) is 12.8 Å². The van der Waals surface area contributed by atoms with E-state index in [1.54, 1.807) is 0 Å². The zero-order valence-electron chi connectivity index (χ0n) is 8.29. The minimum atomic E-state index is -0.194. The van der Waals surface area contributed by atoms with Crippen LogP contribution in [0.3, 0.4) is 0 Å². The summed E-state index contributed by atoms with van der Waals surface area (Å²) in [4.78, 5) is 11.0. The van der Waals surface area contributed by atoms with Gasteiger partial charge >= 0.3 is 5.97 Å². The van der Waals surface area contributed by atoms with Crippen molar-refractivity contribution in [3.8, 4) is 18.4 Å². The molecule has 0 radical (unpaired) electrons. The highest BCUT2D eigenvalue weighted by Crippen LogP contribution is 2.01. The Morgan fingerprint density at radius 1 is 1.29 bits per heavy atom. The average Bonchev–Trinajstić information content (AvgIpc) is 2.19. The van der Waals surface area contributed by atoms with E-state index < -0.39 is 0 Å². The molecule has 0 aliphatic heterocycles. The lowest BCUT2D eigenvalue weighted by atomic mass is 10.2. The third kappa shape index (κ3) is 8.62. The third-order valence-electron chi connectivity index (χ3n) is 1.65. The number of carbonyl (C=O) groups excluding carboxylic acids is 1. The van der Waals surface area contributed by atoms with Gasteiger partial charge in [0.25, 0.3) is 0 Å². The normalized spacial score (nSPS) is 8.71. The van der Waals surface area contributed by atoms with Gasteiger partial charge in [-0.1, -0.05) is 0 Å². The Labute approximate surface area is 85.1 Å². The molecule has 0 aliphatic rings. The standard InChI is InChI=1S/C11H15NO2/c1-2-3-4-5-8-11(13)14-10-7-6-9-12/h1H,3-8,10H2. The first kappa shape index (κ1) is 12.5. The van der Waals surface area contributed by atoms with E-state index in [2.05, 4.69) is 5.92 Å². The van der Waals surface area contributed by atoms with Crippen LogP contribution in [0.4, 0.5) is 0 Å². The predicted molar refractivity (Wildman–Crippen MR) is 53.1 cm³/mol. The number of nitrogens with zero attached hydrogens (tertiary/aromatic N) is 1. The van der Waals surface area contributed by atoms with Crippen LogP contribution >= 0.6 is 0 Å². The molecule has 0 aromatic heterocycles. The number of hydrogen-bond donors (Lipinski definition) is 0. The third-order valence-corrected chi connectivity index (χ3v) is 1.65. The number of nitriles is 1. The lowest BCUT2D eigenvalue weighted by Gasteiger charge is -2.01. The van der Waals surface area contributed by atoms with Gasteiger partial charge < -0.3 is 4.74 Å². The van der Waals surface area contributed by atoms with E-state index >= 15 is 0 Å². The van der Waals surface area contributed by atoms with Crippen molar-refractivity contribution < 1.29 is 9.53 Å². The van der Waals surface area contributed by atoms with Crippen LogP contribution in [0.15, 0.2) is 0 Å². The molecule has 0 aromatic rings. The Morgan fingerprint density at radius 2 is 2.07 bits per heavy atom. The summed E-state index contributed by atoms with van der Waals surface area (Å²) in [5.41, 5.74) is 0. The predicted octanol–water partition coefficient (Wildman–Crippen LogP) is 2.03. The van der Waals surface area contributed by atoms with Crippen LogP contribution < -0.4 is 0 Å². The van der Waals surface area contributed by atoms with Gasteiger partial charge in [-0.05, 0) is 19.3 Å². The van der Waals surface area contributed by atoms with Gasteiger partial charge in [-0.15, -0.1) is 12.3 Å². The quantitative estimate of drug-likeness (QED) is 0.353. The first-order valence-corrected chi connectivity index (χ1v) is 4.77. The lowest BCUT2D eigenvalue weighted by Crippen LogP contribution is -2.05. The molecule has 0 heterocycles. The molecule has 0 atom stereocenters. The van der Waals surface area contributed by atoms with Crippen LogP contribution in [0, 0.1) is 23.7 Å². The van der Waals surface area contributed by atoms with Gasteiger partial charge in [-0.25, -0.2) is 0 Å². The van der Waals surface area contributed by atoms with Gasteiger partial charge in [0.15, 0.2) is 0 Å². The van der Waals surface area contributed by atoms with Gasteiger partial charge in [0.05, 0.1) is 12.7 Å². The number of rotatable bonds is 7. The van der Waals surface area contributed by atoms with Gasteiger partial charge in [0.2, 0.25) is 0 Å². The fourth-order valence-electron chi connectivity index (χ4n) is 0.906. The van der Waals surface area contributed by atoms with Gasteiger partial charge in [-0.2, -0.15) is 5.26 Å². The van der Waals surface area contributed by atoms with Crippen molar-refractivity contribution in [3.63, 3.8) is 0 Å². The maximum atomic E-state index is 11.0. The number of carbonyl (C=O) groups is 1. The van der Waals surface area contributed by atoms with E-state index in [1.165, 1.54) is 0 Å². The van der Waals surface area contributed by atoms with E-state index in [4.69, 9.17) is 16.4 Å². The zero-order valence-corrected chi connectivity index (χ0v) is 8.29. The maximum Gasteiger partial charge on any atom is 0.305 e. The highest BCUT2D eigenvalue weighted by molar-refractivity contribution is 5.69. The molecular formula is C11H15NO2. The Hall–Kier alpha value is -1.48. The maximum absolute atomic E-state index is 11.0. The molecule has 0 amide bonds. The summed E-state index contributed by atoms with van der Waals surface area (Å²) in [5.74, 6) is 2.32. The van der Waals surface area contributed by atoms with Crippen LogP contribution in [0.1, 0.15) is 38.5 Å². The summed E-state index contributed by atoms with van der Waals surface area (Å²) in [6, 6.07) is 1.99. The van der Waals surface area contributed by atoms with Crippen LogP contribution in [-0.2, 0) is 9.53 Å². The molecular weight excluding hydrogens is 178 g/mol. The van der Waals surface area contributed by atoms with Crippen molar-refractivity contribution in [3.05, 3.63) is 0 Å². The molecule has 3 heteroatoms. The van der Waals surface area contributed by atoms with Crippen LogP contribution in [0.25, 0.3) is 0 Å². The van der Waals surface area contributed by atoms with Crippen molar-refractivity contribution in [2.75, 3.05) is 6.61 Å². The van der Waals surface area contributed by atoms with E-state index in [-0.39, 0.29) is 5.97 Å². The van der Waals surface area contributed by atoms with Gasteiger partial charge in [-0.3, -0.25) is 4.79 Å². The van der Waals surface area contributed by atoms with Crippen molar-refractivity contribution in [2.24, 2.45) is 0 Å². The summed E-state index contributed by atoms with van der Waals surface area (Å²) in [6.07, 6.45) is 8.89. The number of esters is 1. The summed E-state index contributed by atoms with van der Waals surface area (Å²) in [5, 5.41) is 8.22. The minimum Gasteiger partial charge on any atom is -0.466 e. The van der Waals surface area contributed by atoms with Crippen molar-refractivity contribution in [2.45, 2.75) is 38.5 Å².